The van der Waals surface area contributed by atoms with Gasteiger partial charge in [0, 0.05) is 24.4 Å². The lowest BCUT2D eigenvalue weighted by atomic mass is 10.1. The summed E-state index contributed by atoms with van der Waals surface area (Å²) in [6, 6.07) is 9.84. The fourth-order valence-corrected chi connectivity index (χ4v) is 2.12. The van der Waals surface area contributed by atoms with Crippen LogP contribution in [0.25, 0.3) is 0 Å². The van der Waals surface area contributed by atoms with Crippen LogP contribution in [-0.4, -0.2) is 24.6 Å². The Morgan fingerprint density at radius 3 is 2.79 bits per heavy atom. The van der Waals surface area contributed by atoms with Crippen molar-refractivity contribution in [1.29, 1.82) is 0 Å². The van der Waals surface area contributed by atoms with Crippen molar-refractivity contribution in [3.63, 3.8) is 0 Å². The molecule has 0 atom stereocenters. The van der Waals surface area contributed by atoms with Gasteiger partial charge in [-0.15, -0.1) is 0 Å². The number of halogens is 2. The Morgan fingerprint density at radius 1 is 1.29 bits per heavy atom. The number of amides is 1. The average Bonchev–Trinajstić information content (AvgIpc) is 2.57. The van der Waals surface area contributed by atoms with Crippen LogP contribution in [-0.2, 0) is 11.2 Å². The van der Waals surface area contributed by atoms with E-state index in [0.717, 1.165) is 5.69 Å². The number of hydrogen-bond acceptors (Lipinski definition) is 4. The lowest BCUT2D eigenvalue weighted by Gasteiger charge is -2.13. The van der Waals surface area contributed by atoms with Crippen molar-refractivity contribution in [1.82, 2.24) is 4.98 Å². The van der Waals surface area contributed by atoms with Gasteiger partial charge in [-0.2, -0.15) is 8.78 Å². The van der Waals surface area contributed by atoms with Gasteiger partial charge in [0.05, 0.1) is 12.8 Å². The molecule has 1 heterocycles. The summed E-state index contributed by atoms with van der Waals surface area (Å²) >= 11 is 0. The molecule has 0 saturated heterocycles. The van der Waals surface area contributed by atoms with Crippen LogP contribution >= 0.6 is 0 Å². The van der Waals surface area contributed by atoms with E-state index in [1.807, 2.05) is 18.2 Å². The minimum Gasteiger partial charge on any atom is -0.497 e. The Labute approximate surface area is 138 Å². The molecule has 0 aliphatic carbocycles. The number of carbonyl (C=O) groups excluding carboxylic acids is 1. The van der Waals surface area contributed by atoms with Gasteiger partial charge in [-0.1, -0.05) is 6.07 Å². The first kappa shape index (κ1) is 17.7. The first-order valence-corrected chi connectivity index (χ1v) is 7.41. The van der Waals surface area contributed by atoms with Crippen molar-refractivity contribution in [2.24, 2.45) is 0 Å². The third kappa shape index (κ3) is 5.49. The number of rotatable bonds is 8. The number of aromatic nitrogens is 1. The highest BCUT2D eigenvalue weighted by molar-refractivity contribution is 5.92. The first-order chi connectivity index (χ1) is 11.6. The molecule has 128 valence electrons. The Bertz CT molecular complexity index is 666. The molecular formula is C17H18F2N2O3. The van der Waals surface area contributed by atoms with Crippen LogP contribution < -0.4 is 14.8 Å². The van der Waals surface area contributed by atoms with Crippen LogP contribution in [0.15, 0.2) is 42.6 Å². The summed E-state index contributed by atoms with van der Waals surface area (Å²) < 4.78 is 34.3. The molecule has 1 N–H and O–H groups in total. The highest BCUT2D eigenvalue weighted by Crippen LogP contribution is 2.30. The van der Waals surface area contributed by atoms with Crippen molar-refractivity contribution in [2.45, 2.75) is 25.9 Å². The molecule has 5 nitrogen and oxygen atoms in total. The van der Waals surface area contributed by atoms with Crippen LogP contribution in [0.1, 0.15) is 18.5 Å². The zero-order valence-electron chi connectivity index (χ0n) is 13.2. The van der Waals surface area contributed by atoms with Crippen molar-refractivity contribution >= 4 is 11.6 Å². The number of carbonyl (C=O) groups is 1. The summed E-state index contributed by atoms with van der Waals surface area (Å²) in [5.41, 5.74) is 1.05. The molecule has 1 aromatic heterocycles. The van der Waals surface area contributed by atoms with E-state index in [9.17, 15) is 13.6 Å². The molecule has 2 rings (SSSR count). The van der Waals surface area contributed by atoms with Crippen molar-refractivity contribution in [3.8, 4) is 11.5 Å². The topological polar surface area (TPSA) is 60.5 Å². The van der Waals surface area contributed by atoms with Crippen LogP contribution in [0.3, 0.4) is 0 Å². The zero-order valence-corrected chi connectivity index (χ0v) is 13.2. The number of benzene rings is 1. The first-order valence-electron chi connectivity index (χ1n) is 7.41. The predicted octanol–water partition coefficient (Wildman–Crippen LogP) is 3.65. The van der Waals surface area contributed by atoms with Crippen LogP contribution in [0.2, 0.25) is 0 Å². The van der Waals surface area contributed by atoms with Crippen molar-refractivity contribution < 1.29 is 23.0 Å². The summed E-state index contributed by atoms with van der Waals surface area (Å²) in [6.45, 7) is -2.97. The summed E-state index contributed by atoms with van der Waals surface area (Å²) in [5.74, 6) is 0.0302. The SMILES string of the molecule is COc1ccc(OC(F)F)c(NC(=O)CCCc2ccccn2)c1. The van der Waals surface area contributed by atoms with Gasteiger partial charge < -0.3 is 14.8 Å². The molecule has 2 aromatic rings. The number of hydrogen-bond donors (Lipinski definition) is 1. The van der Waals surface area contributed by atoms with Gasteiger partial charge in [-0.25, -0.2) is 0 Å². The van der Waals surface area contributed by atoms with E-state index in [-0.39, 0.29) is 23.8 Å². The van der Waals surface area contributed by atoms with Crippen LogP contribution in [0.4, 0.5) is 14.5 Å². The van der Waals surface area contributed by atoms with E-state index in [2.05, 4.69) is 15.0 Å². The molecule has 0 fully saturated rings. The van der Waals surface area contributed by atoms with Crippen molar-refractivity contribution in [2.75, 3.05) is 12.4 Å². The lowest BCUT2D eigenvalue weighted by molar-refractivity contribution is -0.116. The predicted molar refractivity (Wildman–Crippen MR) is 85.4 cm³/mol. The van der Waals surface area contributed by atoms with Gasteiger partial charge in [-0.3, -0.25) is 9.78 Å². The number of methoxy groups -OCH3 is 1. The molecule has 0 spiro atoms. The standard InChI is InChI=1S/C17H18F2N2O3/c1-23-13-8-9-15(24-17(18)19)14(11-13)21-16(22)7-4-6-12-5-2-3-10-20-12/h2-3,5,8-11,17H,4,6-7H2,1H3,(H,21,22). The number of nitrogens with one attached hydrogen (secondary N) is 1. The minimum absolute atomic E-state index is 0.108. The molecule has 1 aromatic carbocycles. The van der Waals surface area contributed by atoms with E-state index in [4.69, 9.17) is 4.74 Å². The largest absolute Gasteiger partial charge is 0.497 e. The fourth-order valence-electron chi connectivity index (χ4n) is 2.12. The van der Waals surface area contributed by atoms with Crippen molar-refractivity contribution in [3.05, 3.63) is 48.3 Å². The molecule has 0 unspecified atom stereocenters. The van der Waals surface area contributed by atoms with Gasteiger partial charge in [0.1, 0.15) is 11.5 Å². The Hall–Kier alpha value is -2.70. The maximum Gasteiger partial charge on any atom is 0.387 e. The minimum atomic E-state index is -2.97. The average molecular weight is 336 g/mol. The van der Waals surface area contributed by atoms with Gasteiger partial charge in [0.15, 0.2) is 0 Å². The summed E-state index contributed by atoms with van der Waals surface area (Å²) in [5, 5.41) is 2.58. The smallest absolute Gasteiger partial charge is 0.387 e. The number of nitrogens with zero attached hydrogens (tertiary/aromatic N) is 1. The monoisotopic (exact) mass is 336 g/mol. The highest BCUT2D eigenvalue weighted by atomic mass is 19.3. The normalized spacial score (nSPS) is 10.5. The van der Waals surface area contributed by atoms with E-state index in [1.54, 1.807) is 6.20 Å². The number of pyridine rings is 1. The molecule has 1 amide bonds. The van der Waals surface area contributed by atoms with Gasteiger partial charge in [-0.05, 0) is 37.1 Å². The molecule has 0 aliphatic heterocycles. The van der Waals surface area contributed by atoms with Crippen LogP contribution in [0, 0.1) is 0 Å². The maximum atomic E-state index is 12.4. The lowest BCUT2D eigenvalue weighted by Crippen LogP contribution is -2.14. The molecule has 0 bridgehead atoms. The molecule has 0 saturated carbocycles. The molecule has 0 radical (unpaired) electrons. The fraction of sp³-hybridized carbons (Fsp3) is 0.294. The number of aryl methyl sites for hydroxylation is 1. The zero-order chi connectivity index (χ0) is 17.4. The van der Waals surface area contributed by atoms with E-state index < -0.39 is 6.61 Å². The Morgan fingerprint density at radius 2 is 2.12 bits per heavy atom. The Kier molecular flexibility index (Phi) is 6.48. The summed E-state index contributed by atoms with van der Waals surface area (Å²) in [6.07, 6.45) is 3.19. The number of alkyl halides is 2. The van der Waals surface area contributed by atoms with E-state index in [1.165, 1.54) is 25.3 Å². The second-order valence-corrected chi connectivity index (χ2v) is 4.96. The third-order valence-corrected chi connectivity index (χ3v) is 3.24. The highest BCUT2D eigenvalue weighted by Gasteiger charge is 2.13. The summed E-state index contributed by atoms with van der Waals surface area (Å²) in [4.78, 5) is 16.2. The molecule has 7 heteroatoms. The third-order valence-electron chi connectivity index (χ3n) is 3.24. The number of anilines is 1. The second-order valence-electron chi connectivity index (χ2n) is 4.96. The number of ether oxygens (including phenoxy) is 2. The molecule has 24 heavy (non-hydrogen) atoms. The van der Waals surface area contributed by atoms with Gasteiger partial charge >= 0.3 is 6.61 Å². The second kappa shape index (κ2) is 8.81. The van der Waals surface area contributed by atoms with E-state index in [0.29, 0.717) is 18.6 Å². The summed E-state index contributed by atoms with van der Waals surface area (Å²) in [7, 11) is 1.45. The quantitative estimate of drug-likeness (QED) is 0.799. The molecular weight excluding hydrogens is 318 g/mol. The van der Waals surface area contributed by atoms with E-state index >= 15 is 0 Å². The van der Waals surface area contributed by atoms with Gasteiger partial charge in [0.25, 0.3) is 0 Å². The maximum absolute atomic E-state index is 12.4. The molecule has 0 aliphatic rings. The van der Waals surface area contributed by atoms with Gasteiger partial charge in [0.2, 0.25) is 5.91 Å². The Balaban J connectivity index is 1.94. The van der Waals surface area contributed by atoms with Crippen LogP contribution in [0.5, 0.6) is 11.5 Å².